The molecule has 3 rings (SSSR count). The highest BCUT2D eigenvalue weighted by Crippen LogP contribution is 2.22. The Kier molecular flexibility index (Phi) is 4.88. The van der Waals surface area contributed by atoms with Gasteiger partial charge in [0.25, 0.3) is 0 Å². The van der Waals surface area contributed by atoms with Crippen LogP contribution in [0.2, 0.25) is 0 Å². The third-order valence-electron chi connectivity index (χ3n) is 3.91. The Labute approximate surface area is 136 Å². The number of pyridine rings is 1. The zero-order valence-electron chi connectivity index (χ0n) is 13.2. The molecule has 1 saturated heterocycles. The van der Waals surface area contributed by atoms with Crippen LogP contribution in [0, 0.1) is 0 Å². The van der Waals surface area contributed by atoms with Gasteiger partial charge in [-0.25, -0.2) is 4.98 Å². The van der Waals surface area contributed by atoms with Crippen LogP contribution in [0.3, 0.4) is 0 Å². The molecule has 1 atom stereocenters. The van der Waals surface area contributed by atoms with Gasteiger partial charge in [-0.2, -0.15) is 0 Å². The van der Waals surface area contributed by atoms with E-state index in [1.165, 1.54) is 5.56 Å². The van der Waals surface area contributed by atoms with Crippen molar-refractivity contribution >= 4 is 11.6 Å². The molecular formula is C18H21N3O2. The molecule has 1 amide bonds. The molecule has 0 radical (unpaired) electrons. The molecule has 2 N–H and O–H groups in total. The van der Waals surface area contributed by atoms with Crippen LogP contribution < -0.4 is 15.4 Å². The van der Waals surface area contributed by atoms with Crippen LogP contribution >= 0.6 is 0 Å². The van der Waals surface area contributed by atoms with Gasteiger partial charge < -0.3 is 15.4 Å². The third kappa shape index (κ3) is 4.07. The number of ether oxygens (including phenoxy) is 1. The highest BCUT2D eigenvalue weighted by Gasteiger charge is 2.21. The fourth-order valence-electron chi connectivity index (χ4n) is 2.60. The van der Waals surface area contributed by atoms with Gasteiger partial charge in [-0.1, -0.05) is 19.1 Å². The normalized spacial score (nSPS) is 17.0. The van der Waals surface area contributed by atoms with Crippen LogP contribution in [-0.2, 0) is 11.2 Å². The van der Waals surface area contributed by atoms with Crippen molar-refractivity contribution in [1.82, 2.24) is 10.3 Å². The van der Waals surface area contributed by atoms with E-state index in [-0.39, 0.29) is 11.9 Å². The third-order valence-corrected chi connectivity index (χ3v) is 3.91. The summed E-state index contributed by atoms with van der Waals surface area (Å²) in [6.45, 7) is 3.01. The van der Waals surface area contributed by atoms with Crippen LogP contribution in [0.25, 0.3) is 0 Å². The lowest BCUT2D eigenvalue weighted by molar-refractivity contribution is -0.117. The number of nitrogens with zero attached hydrogens (tertiary/aromatic N) is 1. The summed E-state index contributed by atoms with van der Waals surface area (Å²) < 4.78 is 5.74. The molecule has 1 aromatic heterocycles. The van der Waals surface area contributed by atoms with Crippen molar-refractivity contribution < 1.29 is 9.53 Å². The number of hydrogen-bond acceptors (Lipinski definition) is 4. The maximum atomic E-state index is 12.0. The largest absolute Gasteiger partial charge is 0.439 e. The fraction of sp³-hybridized carbons (Fsp3) is 0.333. The zero-order valence-corrected chi connectivity index (χ0v) is 13.2. The summed E-state index contributed by atoms with van der Waals surface area (Å²) in [7, 11) is 0. The molecule has 5 nitrogen and oxygen atoms in total. The molecule has 5 heteroatoms. The topological polar surface area (TPSA) is 63.2 Å². The van der Waals surface area contributed by atoms with E-state index in [4.69, 9.17) is 4.74 Å². The number of aromatic nitrogens is 1. The first-order valence-corrected chi connectivity index (χ1v) is 8.01. The molecule has 23 heavy (non-hydrogen) atoms. The molecule has 120 valence electrons. The lowest BCUT2D eigenvalue weighted by Crippen LogP contribution is -2.35. The van der Waals surface area contributed by atoms with Crippen LogP contribution in [0.5, 0.6) is 11.6 Å². The predicted octanol–water partition coefficient (Wildman–Crippen LogP) is 3.13. The van der Waals surface area contributed by atoms with E-state index in [0.29, 0.717) is 11.6 Å². The summed E-state index contributed by atoms with van der Waals surface area (Å²) in [6.07, 6.45) is 4.50. The Morgan fingerprint density at radius 1 is 1.39 bits per heavy atom. The van der Waals surface area contributed by atoms with E-state index in [9.17, 15) is 4.79 Å². The molecular weight excluding hydrogens is 290 g/mol. The Morgan fingerprint density at radius 3 is 3.00 bits per heavy atom. The van der Waals surface area contributed by atoms with Gasteiger partial charge in [-0.15, -0.1) is 0 Å². The molecule has 0 bridgehead atoms. The number of rotatable bonds is 5. The number of carbonyl (C=O) groups excluding carboxylic acids is 1. The molecule has 1 aliphatic heterocycles. The number of hydrogen-bond donors (Lipinski definition) is 2. The zero-order chi connectivity index (χ0) is 16.1. The fourth-order valence-corrected chi connectivity index (χ4v) is 2.60. The highest BCUT2D eigenvalue weighted by molar-refractivity contribution is 5.94. The van der Waals surface area contributed by atoms with Crippen molar-refractivity contribution in [2.24, 2.45) is 0 Å². The molecule has 1 fully saturated rings. The van der Waals surface area contributed by atoms with Gasteiger partial charge in [0.2, 0.25) is 11.8 Å². The Morgan fingerprint density at radius 2 is 2.30 bits per heavy atom. The van der Waals surface area contributed by atoms with E-state index in [1.807, 2.05) is 18.2 Å². The van der Waals surface area contributed by atoms with E-state index in [2.05, 4.69) is 28.6 Å². The van der Waals surface area contributed by atoms with Crippen molar-refractivity contribution in [2.75, 3.05) is 11.9 Å². The van der Waals surface area contributed by atoms with Crippen molar-refractivity contribution in [3.63, 3.8) is 0 Å². The van der Waals surface area contributed by atoms with Crippen molar-refractivity contribution in [2.45, 2.75) is 32.2 Å². The first-order chi connectivity index (χ1) is 11.2. The molecule has 2 heterocycles. The summed E-state index contributed by atoms with van der Waals surface area (Å²) in [5, 5.41) is 6.05. The van der Waals surface area contributed by atoms with E-state index < -0.39 is 0 Å². The van der Waals surface area contributed by atoms with Crippen LogP contribution in [0.4, 0.5) is 5.69 Å². The average Bonchev–Trinajstić information content (AvgIpc) is 3.11. The smallest absolute Gasteiger partial charge is 0.241 e. The van der Waals surface area contributed by atoms with Crippen LogP contribution in [0.15, 0.2) is 42.6 Å². The predicted molar refractivity (Wildman–Crippen MR) is 89.8 cm³/mol. The average molecular weight is 311 g/mol. The van der Waals surface area contributed by atoms with Gasteiger partial charge in [0.15, 0.2) is 0 Å². The van der Waals surface area contributed by atoms with E-state index >= 15 is 0 Å². The van der Waals surface area contributed by atoms with Crippen molar-refractivity contribution in [1.29, 1.82) is 0 Å². The molecule has 2 aromatic rings. The van der Waals surface area contributed by atoms with Gasteiger partial charge in [0.1, 0.15) is 5.75 Å². The highest BCUT2D eigenvalue weighted by atomic mass is 16.5. The second-order valence-corrected chi connectivity index (χ2v) is 5.63. The van der Waals surface area contributed by atoms with Crippen molar-refractivity contribution in [3.8, 4) is 11.6 Å². The Bertz CT molecular complexity index is 664. The lowest BCUT2D eigenvalue weighted by atomic mass is 10.2. The number of amides is 1. The van der Waals surface area contributed by atoms with Gasteiger partial charge in [0.05, 0.1) is 17.9 Å². The van der Waals surface area contributed by atoms with Gasteiger partial charge >= 0.3 is 0 Å². The second kappa shape index (κ2) is 7.24. The van der Waals surface area contributed by atoms with Crippen LogP contribution in [0.1, 0.15) is 25.3 Å². The monoisotopic (exact) mass is 311 g/mol. The number of benzene rings is 1. The Hall–Kier alpha value is -2.40. The van der Waals surface area contributed by atoms with Gasteiger partial charge in [-0.05, 0) is 49.6 Å². The van der Waals surface area contributed by atoms with Crippen LogP contribution in [-0.4, -0.2) is 23.5 Å². The van der Waals surface area contributed by atoms with Crippen molar-refractivity contribution in [3.05, 3.63) is 48.2 Å². The Balaban J connectivity index is 1.61. The minimum atomic E-state index is -0.0947. The first-order valence-electron chi connectivity index (χ1n) is 8.01. The molecule has 0 aliphatic carbocycles. The second-order valence-electron chi connectivity index (χ2n) is 5.63. The quantitative estimate of drug-likeness (QED) is 0.890. The number of anilines is 1. The van der Waals surface area contributed by atoms with Gasteiger partial charge in [0, 0.05) is 6.07 Å². The first kappa shape index (κ1) is 15.5. The SMILES string of the molecule is CCc1cccc(Oc2ccc(NC(=O)C3CCCN3)cn2)c1. The maximum Gasteiger partial charge on any atom is 0.241 e. The number of aryl methyl sites for hydroxylation is 1. The number of nitrogens with one attached hydrogen (secondary N) is 2. The van der Waals surface area contributed by atoms with Gasteiger partial charge in [-0.3, -0.25) is 4.79 Å². The minimum absolute atomic E-state index is 0.00591. The summed E-state index contributed by atoms with van der Waals surface area (Å²) in [4.78, 5) is 16.3. The molecule has 1 aromatic carbocycles. The summed E-state index contributed by atoms with van der Waals surface area (Å²) in [5.74, 6) is 1.27. The molecule has 0 spiro atoms. The minimum Gasteiger partial charge on any atom is -0.439 e. The van der Waals surface area contributed by atoms with E-state index in [1.54, 1.807) is 18.3 Å². The summed E-state index contributed by atoms with van der Waals surface area (Å²) >= 11 is 0. The summed E-state index contributed by atoms with van der Waals surface area (Å²) in [6, 6.07) is 11.4. The number of carbonyl (C=O) groups is 1. The van der Waals surface area contributed by atoms with E-state index in [0.717, 1.165) is 31.6 Å². The maximum absolute atomic E-state index is 12.0. The molecule has 1 unspecified atom stereocenters. The molecule has 1 aliphatic rings. The lowest BCUT2D eigenvalue weighted by Gasteiger charge is -2.11. The molecule has 0 saturated carbocycles. The standard InChI is InChI=1S/C18H21N3O2/c1-2-13-5-3-6-15(11-13)23-17-9-8-14(12-20-17)21-18(22)16-7-4-10-19-16/h3,5-6,8-9,11-12,16,19H,2,4,7,10H2,1H3,(H,21,22). The summed E-state index contributed by atoms with van der Waals surface area (Å²) in [5.41, 5.74) is 1.90.